The summed E-state index contributed by atoms with van der Waals surface area (Å²) in [5.74, 6) is 0.255. The second kappa shape index (κ2) is 22.6. The molecule has 0 radical (unpaired) electrons. The zero-order valence-corrected chi connectivity index (χ0v) is 8.22. The Bertz CT molecular complexity index is 162. The molecule has 12 heavy (non-hydrogen) atoms. The molecular weight excluding hydrogens is 152 g/mol. The van der Waals surface area contributed by atoms with Crippen molar-refractivity contribution in [2.24, 2.45) is 0 Å². The first-order valence-corrected chi connectivity index (χ1v) is 3.77. The van der Waals surface area contributed by atoms with Crippen molar-refractivity contribution >= 4 is 5.78 Å². The standard InChI is InChI=1S/C4H8O.C3H5N.C2H3N/c1-3-4(2)5;1-2-3-4;1-2-3/h3H2,1-2H3;2H2,1H3;1H3. The summed E-state index contributed by atoms with van der Waals surface area (Å²) >= 11 is 0. The highest BCUT2D eigenvalue weighted by molar-refractivity contribution is 5.74. The van der Waals surface area contributed by atoms with Gasteiger partial charge in [-0.25, -0.2) is 0 Å². The number of rotatable bonds is 1. The number of ketones is 1. The summed E-state index contributed by atoms with van der Waals surface area (Å²) in [5, 5.41) is 14.9. The zero-order valence-electron chi connectivity index (χ0n) is 8.22. The van der Waals surface area contributed by atoms with Gasteiger partial charge in [0.05, 0.1) is 12.1 Å². The van der Waals surface area contributed by atoms with Crippen molar-refractivity contribution in [3.63, 3.8) is 0 Å². The lowest BCUT2D eigenvalue weighted by atomic mass is 10.4. The van der Waals surface area contributed by atoms with Gasteiger partial charge in [0.15, 0.2) is 0 Å². The lowest BCUT2D eigenvalue weighted by Crippen LogP contribution is -1.80. The van der Waals surface area contributed by atoms with Gasteiger partial charge in [-0.1, -0.05) is 13.8 Å². The minimum absolute atomic E-state index is 0.255. The fourth-order valence-corrected chi connectivity index (χ4v) is 0. The first kappa shape index (κ1) is 16.9. The minimum atomic E-state index is 0.255. The summed E-state index contributed by atoms with van der Waals surface area (Å²) in [6.45, 7) is 6.68. The van der Waals surface area contributed by atoms with E-state index in [0.717, 1.165) is 0 Å². The van der Waals surface area contributed by atoms with Crippen LogP contribution < -0.4 is 0 Å². The van der Waals surface area contributed by atoms with Crippen LogP contribution in [0.25, 0.3) is 0 Å². The number of hydrogen-bond donors (Lipinski definition) is 0. The number of nitrogens with zero attached hydrogens (tertiary/aromatic N) is 2. The first-order valence-electron chi connectivity index (χ1n) is 3.77. The normalized spacial score (nSPS) is 5.50. The van der Waals surface area contributed by atoms with Gasteiger partial charge in [0.2, 0.25) is 0 Å². The van der Waals surface area contributed by atoms with Crippen LogP contribution in [0.3, 0.4) is 0 Å². The van der Waals surface area contributed by atoms with Crippen LogP contribution in [0.2, 0.25) is 0 Å². The Kier molecular flexibility index (Phi) is 31.9. The van der Waals surface area contributed by atoms with Gasteiger partial charge in [-0.2, -0.15) is 10.5 Å². The van der Waals surface area contributed by atoms with Gasteiger partial charge < -0.3 is 4.79 Å². The summed E-state index contributed by atoms with van der Waals surface area (Å²) in [4.78, 5) is 9.81. The minimum Gasteiger partial charge on any atom is -0.300 e. The summed E-state index contributed by atoms with van der Waals surface area (Å²) in [6.07, 6.45) is 1.29. The maximum absolute atomic E-state index is 9.81. The molecule has 0 saturated carbocycles. The maximum atomic E-state index is 9.81. The molecule has 0 aromatic heterocycles. The molecule has 0 aliphatic rings. The third-order valence-corrected chi connectivity index (χ3v) is 0.656. The SMILES string of the molecule is CC#N.CCC#N.CCC(C)=O. The summed E-state index contributed by atoms with van der Waals surface area (Å²) in [7, 11) is 0. The number of nitriles is 2. The van der Waals surface area contributed by atoms with E-state index in [1.54, 1.807) is 13.0 Å². The topological polar surface area (TPSA) is 64.7 Å². The van der Waals surface area contributed by atoms with E-state index in [1.165, 1.54) is 6.92 Å². The molecule has 0 heterocycles. The highest BCUT2D eigenvalue weighted by atomic mass is 16.1. The predicted molar refractivity (Wildman–Crippen MR) is 48.2 cm³/mol. The van der Waals surface area contributed by atoms with Crippen LogP contribution >= 0.6 is 0 Å². The molecule has 0 aliphatic carbocycles. The van der Waals surface area contributed by atoms with Gasteiger partial charge in [-0.15, -0.1) is 0 Å². The van der Waals surface area contributed by atoms with Gasteiger partial charge in [-0.05, 0) is 6.92 Å². The lowest BCUT2D eigenvalue weighted by molar-refractivity contribution is -0.116. The van der Waals surface area contributed by atoms with E-state index in [0.29, 0.717) is 12.8 Å². The molecule has 68 valence electrons. The van der Waals surface area contributed by atoms with E-state index in [2.05, 4.69) is 0 Å². The van der Waals surface area contributed by atoms with Gasteiger partial charge in [0.1, 0.15) is 5.78 Å². The zero-order chi connectivity index (χ0) is 10.4. The molecule has 0 amide bonds. The van der Waals surface area contributed by atoms with E-state index in [4.69, 9.17) is 10.5 Å². The van der Waals surface area contributed by atoms with Crippen LogP contribution in [0.4, 0.5) is 0 Å². The second-order valence-corrected chi connectivity index (χ2v) is 1.79. The molecule has 0 unspecified atom stereocenters. The molecule has 0 bridgehead atoms. The Labute approximate surface area is 74.6 Å². The van der Waals surface area contributed by atoms with Crippen molar-refractivity contribution < 1.29 is 4.79 Å². The van der Waals surface area contributed by atoms with Crippen molar-refractivity contribution in [1.82, 2.24) is 0 Å². The van der Waals surface area contributed by atoms with E-state index in [9.17, 15) is 4.79 Å². The van der Waals surface area contributed by atoms with Crippen molar-refractivity contribution in [3.05, 3.63) is 0 Å². The third-order valence-electron chi connectivity index (χ3n) is 0.656. The maximum Gasteiger partial charge on any atom is 0.129 e. The number of hydrogen-bond acceptors (Lipinski definition) is 3. The Morgan fingerprint density at radius 3 is 1.50 bits per heavy atom. The average Bonchev–Trinajstić information content (AvgIpc) is 2.06. The molecule has 0 saturated heterocycles. The summed E-state index contributed by atoms with van der Waals surface area (Å²) in [6, 6.07) is 3.68. The number of carbonyl (C=O) groups excluding carboxylic acids is 1. The molecular formula is C9H16N2O. The third kappa shape index (κ3) is 186. The van der Waals surface area contributed by atoms with Crippen molar-refractivity contribution in [2.75, 3.05) is 0 Å². The van der Waals surface area contributed by atoms with E-state index in [-0.39, 0.29) is 5.78 Å². The Morgan fingerprint density at radius 2 is 1.50 bits per heavy atom. The molecule has 0 fully saturated rings. The van der Waals surface area contributed by atoms with Crippen LogP contribution in [0.5, 0.6) is 0 Å². The van der Waals surface area contributed by atoms with Crippen molar-refractivity contribution in [1.29, 1.82) is 10.5 Å². The highest BCUT2D eigenvalue weighted by Gasteiger charge is 1.76. The van der Waals surface area contributed by atoms with Gasteiger partial charge >= 0.3 is 0 Å². The average molecular weight is 168 g/mol. The largest absolute Gasteiger partial charge is 0.300 e. The molecule has 0 aliphatic heterocycles. The van der Waals surface area contributed by atoms with Crippen LogP contribution in [0.15, 0.2) is 0 Å². The quantitative estimate of drug-likeness (QED) is 0.604. The molecule has 0 atom stereocenters. The molecule has 0 rings (SSSR count). The fourth-order valence-electron chi connectivity index (χ4n) is 0. The monoisotopic (exact) mass is 168 g/mol. The van der Waals surface area contributed by atoms with Gasteiger partial charge in [0, 0.05) is 19.8 Å². The molecule has 3 heteroatoms. The predicted octanol–water partition coefficient (Wildman–Crippen LogP) is 2.44. The smallest absolute Gasteiger partial charge is 0.129 e. The molecule has 0 spiro atoms. The van der Waals surface area contributed by atoms with E-state index in [1.807, 2.05) is 19.9 Å². The molecule has 3 nitrogen and oxygen atoms in total. The Morgan fingerprint density at radius 1 is 1.33 bits per heavy atom. The van der Waals surface area contributed by atoms with Crippen molar-refractivity contribution in [2.45, 2.75) is 40.5 Å². The summed E-state index contributed by atoms with van der Waals surface area (Å²) in [5.41, 5.74) is 0. The van der Waals surface area contributed by atoms with Crippen LogP contribution in [-0.4, -0.2) is 5.78 Å². The van der Waals surface area contributed by atoms with E-state index < -0.39 is 0 Å². The summed E-state index contributed by atoms with van der Waals surface area (Å²) < 4.78 is 0. The van der Waals surface area contributed by atoms with Gasteiger partial charge in [0.25, 0.3) is 0 Å². The Hall–Kier alpha value is -1.35. The fraction of sp³-hybridized carbons (Fsp3) is 0.667. The van der Waals surface area contributed by atoms with Crippen molar-refractivity contribution in [3.8, 4) is 12.1 Å². The number of carbonyl (C=O) groups is 1. The molecule has 0 N–H and O–H groups in total. The van der Waals surface area contributed by atoms with Crippen LogP contribution in [0.1, 0.15) is 40.5 Å². The number of Topliss-reactive ketones (excluding diaryl/α,β-unsaturated/α-hetero) is 1. The van der Waals surface area contributed by atoms with Gasteiger partial charge in [-0.3, -0.25) is 0 Å². The second-order valence-electron chi connectivity index (χ2n) is 1.79. The molecule has 0 aromatic rings. The first-order chi connectivity index (χ1) is 5.60. The Balaban J connectivity index is -0.000000105. The lowest BCUT2D eigenvalue weighted by Gasteiger charge is -1.71. The molecule has 0 aromatic carbocycles. The highest BCUT2D eigenvalue weighted by Crippen LogP contribution is 1.71. The van der Waals surface area contributed by atoms with E-state index >= 15 is 0 Å². The van der Waals surface area contributed by atoms with Crippen LogP contribution in [0, 0.1) is 22.7 Å². The van der Waals surface area contributed by atoms with Crippen LogP contribution in [-0.2, 0) is 4.79 Å².